The molecule has 0 spiro atoms. The number of ether oxygens (including phenoxy) is 1. The molecule has 9 heteroatoms. The third-order valence-corrected chi connectivity index (χ3v) is 7.93. The van der Waals surface area contributed by atoms with Crippen molar-refractivity contribution in [1.82, 2.24) is 4.98 Å². The second kappa shape index (κ2) is 12.6. The molecular weight excluding hydrogens is 545 g/mol. The molecule has 40 heavy (non-hydrogen) atoms. The second-order valence-electron chi connectivity index (χ2n) is 8.63. The molecule has 200 valence electrons. The molecule has 0 aliphatic carbocycles. The summed E-state index contributed by atoms with van der Waals surface area (Å²) in [5, 5.41) is 7.49. The molecule has 0 aliphatic rings. The Labute approximate surface area is 239 Å². The van der Waals surface area contributed by atoms with Gasteiger partial charge in [-0.1, -0.05) is 48.5 Å². The molecule has 0 saturated carbocycles. The summed E-state index contributed by atoms with van der Waals surface area (Å²) in [7, 11) is 1.62. The summed E-state index contributed by atoms with van der Waals surface area (Å²) >= 11 is 2.69. The zero-order chi connectivity index (χ0) is 27.9. The summed E-state index contributed by atoms with van der Waals surface area (Å²) < 4.78 is 19.3. The predicted octanol–water partition coefficient (Wildman–Crippen LogP) is 7.68. The van der Waals surface area contributed by atoms with Gasteiger partial charge in [-0.15, -0.1) is 23.1 Å². The van der Waals surface area contributed by atoms with Crippen molar-refractivity contribution < 1.29 is 18.7 Å². The number of nitrogens with zero attached hydrogens (tertiary/aromatic N) is 1. The molecule has 1 unspecified atom stereocenters. The standard InChI is InChI=1S/C31H24FN3O3S2/c1-38-23-16-14-20(15-17-23)27-19-39-31(34-27)35-30(37)28(21-8-3-2-4-9-21)40-24-11-7-10-22(18-24)33-29(36)25-12-5-6-13-26(25)32/h2-19,28H,1H3,(H,33,36)(H,34,35,37). The highest BCUT2D eigenvalue weighted by Gasteiger charge is 2.23. The summed E-state index contributed by atoms with van der Waals surface area (Å²) in [4.78, 5) is 31.5. The van der Waals surface area contributed by atoms with Crippen LogP contribution in [0.25, 0.3) is 11.3 Å². The molecule has 1 aromatic heterocycles. The van der Waals surface area contributed by atoms with E-state index in [1.165, 1.54) is 41.3 Å². The zero-order valence-corrected chi connectivity index (χ0v) is 23.0. The SMILES string of the molecule is COc1ccc(-c2csc(NC(=O)C(Sc3cccc(NC(=O)c4ccccc4F)c3)c3ccccc3)n2)cc1. The van der Waals surface area contributed by atoms with E-state index in [1.54, 1.807) is 31.4 Å². The summed E-state index contributed by atoms with van der Waals surface area (Å²) in [5.41, 5.74) is 2.94. The summed E-state index contributed by atoms with van der Waals surface area (Å²) in [5.74, 6) is -0.614. The summed E-state index contributed by atoms with van der Waals surface area (Å²) in [6.07, 6.45) is 0. The molecule has 2 amide bonds. The highest BCUT2D eigenvalue weighted by atomic mass is 32.2. The summed E-state index contributed by atoms with van der Waals surface area (Å²) in [6.45, 7) is 0. The number of thiazole rings is 1. The van der Waals surface area contributed by atoms with Gasteiger partial charge in [-0.3, -0.25) is 9.59 Å². The largest absolute Gasteiger partial charge is 0.497 e. The van der Waals surface area contributed by atoms with Gasteiger partial charge in [-0.05, 0) is 60.2 Å². The van der Waals surface area contributed by atoms with Crippen LogP contribution >= 0.6 is 23.1 Å². The van der Waals surface area contributed by atoms with Gasteiger partial charge in [0.15, 0.2) is 5.13 Å². The molecule has 0 bridgehead atoms. The van der Waals surface area contributed by atoms with Crippen LogP contribution in [0.1, 0.15) is 21.2 Å². The number of anilines is 2. The monoisotopic (exact) mass is 569 g/mol. The number of aromatic nitrogens is 1. The van der Waals surface area contributed by atoms with Crippen LogP contribution in [0.15, 0.2) is 113 Å². The van der Waals surface area contributed by atoms with E-state index in [0.29, 0.717) is 10.8 Å². The van der Waals surface area contributed by atoms with E-state index in [9.17, 15) is 14.0 Å². The van der Waals surface area contributed by atoms with Crippen LogP contribution in [0.4, 0.5) is 15.2 Å². The molecule has 0 radical (unpaired) electrons. The number of amides is 2. The Morgan fingerprint density at radius 2 is 1.65 bits per heavy atom. The van der Waals surface area contributed by atoms with Crippen LogP contribution < -0.4 is 15.4 Å². The minimum Gasteiger partial charge on any atom is -0.497 e. The highest BCUT2D eigenvalue weighted by molar-refractivity contribution is 8.00. The Kier molecular flexibility index (Phi) is 8.53. The Hall–Kier alpha value is -4.47. The molecule has 6 nitrogen and oxygen atoms in total. The maximum Gasteiger partial charge on any atom is 0.258 e. The van der Waals surface area contributed by atoms with E-state index in [-0.39, 0.29) is 11.5 Å². The smallest absolute Gasteiger partial charge is 0.258 e. The highest BCUT2D eigenvalue weighted by Crippen LogP contribution is 2.38. The number of hydrogen-bond donors (Lipinski definition) is 2. The third kappa shape index (κ3) is 6.56. The number of hydrogen-bond acceptors (Lipinski definition) is 6. The van der Waals surface area contributed by atoms with Gasteiger partial charge in [0.1, 0.15) is 16.8 Å². The van der Waals surface area contributed by atoms with Crippen molar-refractivity contribution >= 4 is 45.7 Å². The zero-order valence-electron chi connectivity index (χ0n) is 21.3. The van der Waals surface area contributed by atoms with Gasteiger partial charge < -0.3 is 15.4 Å². The van der Waals surface area contributed by atoms with Crippen LogP contribution in [-0.2, 0) is 4.79 Å². The first-order valence-electron chi connectivity index (χ1n) is 12.3. The second-order valence-corrected chi connectivity index (χ2v) is 10.7. The minimum absolute atomic E-state index is 0.0421. The van der Waals surface area contributed by atoms with E-state index >= 15 is 0 Å². The van der Waals surface area contributed by atoms with Crippen LogP contribution in [-0.4, -0.2) is 23.9 Å². The van der Waals surface area contributed by atoms with Crippen molar-refractivity contribution in [3.63, 3.8) is 0 Å². The van der Waals surface area contributed by atoms with Crippen molar-refractivity contribution in [3.05, 3.63) is 125 Å². The lowest BCUT2D eigenvalue weighted by molar-refractivity contribution is -0.115. The number of carbonyl (C=O) groups excluding carboxylic acids is 2. The van der Waals surface area contributed by atoms with Crippen molar-refractivity contribution in [2.24, 2.45) is 0 Å². The Balaban J connectivity index is 1.33. The molecule has 0 fully saturated rings. The number of halogens is 1. The Bertz CT molecular complexity index is 1620. The average molecular weight is 570 g/mol. The van der Waals surface area contributed by atoms with Crippen molar-refractivity contribution in [2.45, 2.75) is 10.1 Å². The molecular formula is C31H24FN3O3S2. The van der Waals surface area contributed by atoms with E-state index in [0.717, 1.165) is 27.5 Å². The topological polar surface area (TPSA) is 80.3 Å². The number of rotatable bonds is 9. The fraction of sp³-hybridized carbons (Fsp3) is 0.0645. The average Bonchev–Trinajstić information content (AvgIpc) is 3.45. The van der Waals surface area contributed by atoms with Gasteiger partial charge in [0.25, 0.3) is 5.91 Å². The van der Waals surface area contributed by atoms with Crippen molar-refractivity contribution in [1.29, 1.82) is 0 Å². The number of thioether (sulfide) groups is 1. The number of benzene rings is 4. The molecule has 2 N–H and O–H groups in total. The van der Waals surface area contributed by atoms with Crippen LogP contribution in [0.5, 0.6) is 5.75 Å². The molecule has 1 atom stereocenters. The first kappa shape index (κ1) is 27.1. The fourth-order valence-electron chi connectivity index (χ4n) is 3.92. The quantitative estimate of drug-likeness (QED) is 0.178. The lowest BCUT2D eigenvalue weighted by atomic mass is 10.1. The molecule has 0 saturated heterocycles. The molecule has 4 aromatic carbocycles. The number of carbonyl (C=O) groups is 2. The lowest BCUT2D eigenvalue weighted by Gasteiger charge is -2.17. The van der Waals surface area contributed by atoms with E-state index in [2.05, 4.69) is 15.6 Å². The Morgan fingerprint density at radius 3 is 2.40 bits per heavy atom. The van der Waals surface area contributed by atoms with Gasteiger partial charge in [0, 0.05) is 21.5 Å². The first-order chi connectivity index (χ1) is 19.5. The van der Waals surface area contributed by atoms with Gasteiger partial charge >= 0.3 is 0 Å². The number of methoxy groups -OCH3 is 1. The van der Waals surface area contributed by atoms with E-state index in [1.807, 2.05) is 66.0 Å². The summed E-state index contributed by atoms with van der Waals surface area (Å²) in [6, 6.07) is 29.9. The van der Waals surface area contributed by atoms with Gasteiger partial charge in [0.2, 0.25) is 5.91 Å². The number of nitrogens with one attached hydrogen (secondary N) is 2. The lowest BCUT2D eigenvalue weighted by Crippen LogP contribution is -2.19. The predicted molar refractivity (Wildman–Crippen MR) is 159 cm³/mol. The van der Waals surface area contributed by atoms with Crippen LogP contribution in [0.3, 0.4) is 0 Å². The minimum atomic E-state index is -0.594. The molecule has 5 aromatic rings. The molecule has 5 rings (SSSR count). The first-order valence-corrected chi connectivity index (χ1v) is 14.0. The maximum atomic E-state index is 14.1. The van der Waals surface area contributed by atoms with E-state index < -0.39 is 17.0 Å². The maximum absolute atomic E-state index is 14.1. The molecule has 0 aliphatic heterocycles. The van der Waals surface area contributed by atoms with Crippen LogP contribution in [0, 0.1) is 5.82 Å². The van der Waals surface area contributed by atoms with E-state index in [4.69, 9.17) is 4.74 Å². The van der Waals surface area contributed by atoms with Crippen molar-refractivity contribution in [2.75, 3.05) is 17.7 Å². The van der Waals surface area contributed by atoms with Crippen molar-refractivity contribution in [3.8, 4) is 17.0 Å². The third-order valence-electron chi connectivity index (χ3n) is 5.92. The molecule has 1 heterocycles. The Morgan fingerprint density at radius 1 is 0.900 bits per heavy atom. The normalized spacial score (nSPS) is 11.4. The van der Waals surface area contributed by atoms with Gasteiger partial charge in [-0.2, -0.15) is 0 Å². The van der Waals surface area contributed by atoms with Gasteiger partial charge in [-0.25, -0.2) is 9.37 Å². The fourth-order valence-corrected chi connectivity index (χ4v) is 5.73. The van der Waals surface area contributed by atoms with Crippen LogP contribution in [0.2, 0.25) is 0 Å². The van der Waals surface area contributed by atoms with Gasteiger partial charge in [0.05, 0.1) is 18.4 Å².